The number of halogens is 1. The largest absolute Gasteiger partial charge is 0.299 e. The highest BCUT2D eigenvalue weighted by atomic mass is 19.1. The first-order valence-electron chi connectivity index (χ1n) is 7.30. The van der Waals surface area contributed by atoms with Crippen molar-refractivity contribution in [2.24, 2.45) is 11.8 Å². The van der Waals surface area contributed by atoms with Gasteiger partial charge in [0.1, 0.15) is 23.3 Å². The Morgan fingerprint density at radius 3 is 2.76 bits per heavy atom. The standard InChI is InChI=1S/C17H19FO3/c1-11-15(19)9-13-10-16(11)20-21-17(13,2)8-7-12-3-5-14(18)6-4-12/h3-8,11,13,16H,9-10H2,1-2H3/b8-7-/t11-,13+,16+,17+/m1/s1. The van der Waals surface area contributed by atoms with Gasteiger partial charge in [0.25, 0.3) is 0 Å². The van der Waals surface area contributed by atoms with Crippen LogP contribution < -0.4 is 0 Å². The molecule has 1 aliphatic heterocycles. The Morgan fingerprint density at radius 2 is 2.05 bits per heavy atom. The lowest BCUT2D eigenvalue weighted by atomic mass is 9.71. The summed E-state index contributed by atoms with van der Waals surface area (Å²) < 4.78 is 12.9. The number of carbonyl (C=O) groups is 1. The lowest BCUT2D eigenvalue weighted by Gasteiger charge is -2.45. The van der Waals surface area contributed by atoms with Crippen LogP contribution in [0.15, 0.2) is 30.3 Å². The van der Waals surface area contributed by atoms with E-state index < -0.39 is 5.60 Å². The maximum Gasteiger partial charge on any atom is 0.138 e. The predicted octanol–water partition coefficient (Wildman–Crippen LogP) is 3.54. The van der Waals surface area contributed by atoms with E-state index in [-0.39, 0.29) is 29.5 Å². The highest BCUT2D eigenvalue weighted by Crippen LogP contribution is 2.42. The molecule has 112 valence electrons. The van der Waals surface area contributed by atoms with E-state index in [0.717, 1.165) is 12.0 Å². The van der Waals surface area contributed by atoms with Gasteiger partial charge in [0, 0.05) is 18.3 Å². The Bertz CT molecular complexity index is 566. The first-order chi connectivity index (χ1) is 9.98. The van der Waals surface area contributed by atoms with Crippen molar-refractivity contribution in [3.8, 4) is 0 Å². The van der Waals surface area contributed by atoms with Crippen LogP contribution >= 0.6 is 0 Å². The highest BCUT2D eigenvalue weighted by molar-refractivity contribution is 5.82. The first kappa shape index (κ1) is 14.4. The molecule has 1 heterocycles. The van der Waals surface area contributed by atoms with Crippen LogP contribution in [-0.2, 0) is 14.6 Å². The Labute approximate surface area is 123 Å². The van der Waals surface area contributed by atoms with Crippen LogP contribution in [0.4, 0.5) is 4.39 Å². The van der Waals surface area contributed by atoms with Crippen molar-refractivity contribution in [3.05, 3.63) is 41.7 Å². The summed E-state index contributed by atoms with van der Waals surface area (Å²) >= 11 is 0. The Morgan fingerprint density at radius 1 is 1.33 bits per heavy atom. The minimum absolute atomic E-state index is 0.0909. The summed E-state index contributed by atoms with van der Waals surface area (Å²) in [6, 6.07) is 6.25. The van der Waals surface area contributed by atoms with E-state index in [0.29, 0.717) is 6.42 Å². The minimum Gasteiger partial charge on any atom is -0.299 e. The molecule has 2 fully saturated rings. The zero-order valence-corrected chi connectivity index (χ0v) is 12.2. The van der Waals surface area contributed by atoms with Crippen molar-refractivity contribution in [1.82, 2.24) is 0 Å². The average Bonchev–Trinajstić information content (AvgIpc) is 2.47. The van der Waals surface area contributed by atoms with Crippen molar-refractivity contribution < 1.29 is 19.0 Å². The average molecular weight is 290 g/mol. The second kappa shape index (κ2) is 5.35. The summed E-state index contributed by atoms with van der Waals surface area (Å²) in [6.07, 6.45) is 5.00. The first-order valence-corrected chi connectivity index (χ1v) is 7.30. The molecule has 4 heteroatoms. The van der Waals surface area contributed by atoms with Gasteiger partial charge in [-0.05, 0) is 37.1 Å². The number of Topliss-reactive ketones (excluding diaryl/α,β-unsaturated/α-hetero) is 1. The van der Waals surface area contributed by atoms with E-state index in [9.17, 15) is 9.18 Å². The predicted molar refractivity (Wildman–Crippen MR) is 76.7 cm³/mol. The van der Waals surface area contributed by atoms with Crippen LogP contribution in [0.1, 0.15) is 32.3 Å². The molecule has 1 aromatic rings. The fourth-order valence-corrected chi connectivity index (χ4v) is 3.00. The SMILES string of the molecule is C[C@@H]1C(=O)C[C@H]2C[C@@H]1OO[C@@]2(C)/C=C\c1ccc(F)cc1. The van der Waals surface area contributed by atoms with Crippen molar-refractivity contribution in [2.45, 2.75) is 38.4 Å². The van der Waals surface area contributed by atoms with Gasteiger partial charge in [0.05, 0.1) is 0 Å². The summed E-state index contributed by atoms with van der Waals surface area (Å²) in [5, 5.41) is 0. The van der Waals surface area contributed by atoms with Crippen LogP contribution in [-0.4, -0.2) is 17.5 Å². The summed E-state index contributed by atoms with van der Waals surface area (Å²) in [4.78, 5) is 23.0. The fourth-order valence-electron chi connectivity index (χ4n) is 3.00. The van der Waals surface area contributed by atoms with Crippen LogP contribution in [0.3, 0.4) is 0 Å². The van der Waals surface area contributed by atoms with E-state index in [1.54, 1.807) is 12.1 Å². The third-order valence-corrected chi connectivity index (χ3v) is 4.67. The minimum atomic E-state index is -0.624. The molecule has 1 saturated heterocycles. The number of fused-ring (bicyclic) bond motifs is 2. The molecular formula is C17H19FO3. The topological polar surface area (TPSA) is 35.5 Å². The molecule has 0 N–H and O–H groups in total. The van der Waals surface area contributed by atoms with Crippen molar-refractivity contribution in [2.75, 3.05) is 0 Å². The second-order valence-corrected chi connectivity index (χ2v) is 6.18. The molecule has 0 amide bonds. The molecule has 3 nitrogen and oxygen atoms in total. The number of hydrogen-bond acceptors (Lipinski definition) is 3. The van der Waals surface area contributed by atoms with Crippen molar-refractivity contribution in [3.63, 3.8) is 0 Å². The maximum absolute atomic E-state index is 12.9. The third-order valence-electron chi connectivity index (χ3n) is 4.67. The van der Waals surface area contributed by atoms with E-state index in [2.05, 4.69) is 0 Å². The molecule has 1 saturated carbocycles. The number of carbonyl (C=O) groups excluding carboxylic acids is 1. The monoisotopic (exact) mass is 290 g/mol. The molecule has 1 aromatic carbocycles. The van der Waals surface area contributed by atoms with Gasteiger partial charge in [0.2, 0.25) is 0 Å². The zero-order chi connectivity index (χ0) is 15.0. The number of ketones is 1. The molecule has 0 spiro atoms. The summed E-state index contributed by atoms with van der Waals surface area (Å²) in [7, 11) is 0. The normalized spacial score (nSPS) is 36.1. The Balaban J connectivity index is 1.78. The van der Waals surface area contributed by atoms with Crippen molar-refractivity contribution >= 4 is 11.9 Å². The molecule has 3 rings (SSSR count). The molecular weight excluding hydrogens is 271 g/mol. The molecule has 1 aliphatic carbocycles. The van der Waals surface area contributed by atoms with E-state index in [1.807, 2.05) is 26.0 Å². The molecule has 21 heavy (non-hydrogen) atoms. The van der Waals surface area contributed by atoms with Crippen LogP contribution in [0.2, 0.25) is 0 Å². The fraction of sp³-hybridized carbons (Fsp3) is 0.471. The van der Waals surface area contributed by atoms with E-state index >= 15 is 0 Å². The molecule has 2 bridgehead atoms. The quantitative estimate of drug-likeness (QED) is 0.781. The smallest absolute Gasteiger partial charge is 0.138 e. The van der Waals surface area contributed by atoms with Crippen LogP contribution in [0, 0.1) is 17.7 Å². The summed E-state index contributed by atoms with van der Waals surface area (Å²) in [6.45, 7) is 3.82. The number of benzene rings is 1. The number of rotatable bonds is 2. The lowest BCUT2D eigenvalue weighted by Crippen LogP contribution is -2.51. The number of hydrogen-bond donors (Lipinski definition) is 0. The van der Waals surface area contributed by atoms with Crippen molar-refractivity contribution in [1.29, 1.82) is 0 Å². The maximum atomic E-state index is 12.9. The van der Waals surface area contributed by atoms with E-state index in [4.69, 9.17) is 9.78 Å². The third kappa shape index (κ3) is 2.78. The van der Waals surface area contributed by atoms with Gasteiger partial charge in [-0.15, -0.1) is 0 Å². The van der Waals surface area contributed by atoms with Gasteiger partial charge in [-0.25, -0.2) is 14.2 Å². The van der Waals surface area contributed by atoms with Gasteiger partial charge < -0.3 is 0 Å². The molecule has 2 aliphatic rings. The van der Waals surface area contributed by atoms with Gasteiger partial charge in [-0.3, -0.25) is 4.79 Å². The zero-order valence-electron chi connectivity index (χ0n) is 12.2. The molecule has 0 unspecified atom stereocenters. The van der Waals surface area contributed by atoms with E-state index in [1.165, 1.54) is 12.1 Å². The Hall–Kier alpha value is -1.52. The Kier molecular flexibility index (Phi) is 3.68. The van der Waals surface area contributed by atoms with Gasteiger partial charge in [-0.1, -0.05) is 25.1 Å². The van der Waals surface area contributed by atoms with Gasteiger partial charge >= 0.3 is 0 Å². The lowest BCUT2D eigenvalue weighted by molar-refractivity contribution is -0.415. The second-order valence-electron chi connectivity index (χ2n) is 6.18. The van der Waals surface area contributed by atoms with Crippen LogP contribution in [0.25, 0.3) is 6.08 Å². The summed E-state index contributed by atoms with van der Waals surface area (Å²) in [5.74, 6) is 0.00908. The van der Waals surface area contributed by atoms with Crippen LogP contribution in [0.5, 0.6) is 0 Å². The highest BCUT2D eigenvalue weighted by Gasteiger charge is 2.48. The van der Waals surface area contributed by atoms with Gasteiger partial charge in [0.15, 0.2) is 0 Å². The summed E-state index contributed by atoms with van der Waals surface area (Å²) in [5.41, 5.74) is 0.264. The van der Waals surface area contributed by atoms with Gasteiger partial charge in [-0.2, -0.15) is 0 Å². The molecule has 0 aromatic heterocycles. The molecule has 4 atom stereocenters. The molecule has 0 radical (unpaired) electrons.